The second-order valence-corrected chi connectivity index (χ2v) is 16.6. The van der Waals surface area contributed by atoms with Gasteiger partial charge in [-0.1, -0.05) is 20.8 Å². The van der Waals surface area contributed by atoms with E-state index in [-0.39, 0.29) is 11.5 Å². The van der Waals surface area contributed by atoms with Crippen LogP contribution in [-0.2, 0) is 24.1 Å². The summed E-state index contributed by atoms with van der Waals surface area (Å²) in [5.41, 5.74) is -1.42. The summed E-state index contributed by atoms with van der Waals surface area (Å²) in [7, 11) is 0.810. The first-order chi connectivity index (χ1) is 16.5. The Balaban J connectivity index is 2.22. The van der Waals surface area contributed by atoms with Crippen LogP contribution in [0.1, 0.15) is 53.5 Å². The Hall–Kier alpha value is -2.83. The fourth-order valence-corrected chi connectivity index (χ4v) is 5.68. The number of carbonyl (C=O) groups is 2. The van der Waals surface area contributed by atoms with Crippen LogP contribution in [0, 0.1) is 17.2 Å². The average Bonchev–Trinajstić information content (AvgIpc) is 3.01. The van der Waals surface area contributed by atoms with Gasteiger partial charge in [0.2, 0.25) is 8.32 Å². The Kier molecular flexibility index (Phi) is 7.12. The molecular weight excluding hydrogens is 476 g/mol. The smallest absolute Gasteiger partial charge is 0.421 e. The Labute approximate surface area is 215 Å². The summed E-state index contributed by atoms with van der Waals surface area (Å²) < 4.78 is 23.5. The van der Waals surface area contributed by atoms with Crippen molar-refractivity contribution in [2.75, 3.05) is 19.1 Å². The highest BCUT2D eigenvalue weighted by atomic mass is 28.4. The van der Waals surface area contributed by atoms with Crippen molar-refractivity contribution in [3.63, 3.8) is 0 Å². The van der Waals surface area contributed by atoms with Crippen molar-refractivity contribution >= 4 is 26.0 Å². The molecule has 8 nitrogen and oxygen atoms in total. The molecule has 0 N–H and O–H groups in total. The molecule has 1 aromatic rings. The molecule has 0 saturated heterocycles. The Bertz CT molecular complexity index is 1120. The molecule has 0 radical (unpaired) electrons. The molecule has 1 spiro atoms. The molecule has 0 fully saturated rings. The minimum Gasteiger partial charge on any atom is -0.547 e. The van der Waals surface area contributed by atoms with Gasteiger partial charge in [0.1, 0.15) is 16.8 Å². The number of hydrogen-bond donors (Lipinski definition) is 0. The number of fused-ring (bicyclic) bond motifs is 2. The zero-order valence-electron chi connectivity index (χ0n) is 23.0. The van der Waals surface area contributed by atoms with Gasteiger partial charge in [-0.2, -0.15) is 5.26 Å². The number of hydrogen-bond acceptors (Lipinski definition) is 7. The van der Waals surface area contributed by atoms with Crippen molar-refractivity contribution in [1.29, 1.82) is 5.26 Å². The number of imide groups is 1. The quantitative estimate of drug-likeness (QED) is 0.477. The zero-order valence-corrected chi connectivity index (χ0v) is 24.0. The molecule has 1 aliphatic heterocycles. The van der Waals surface area contributed by atoms with E-state index in [1.807, 2.05) is 0 Å². The lowest BCUT2D eigenvalue weighted by atomic mass is 9.63. The number of carbonyl (C=O) groups excluding carboxylic acids is 2. The van der Waals surface area contributed by atoms with E-state index in [1.54, 1.807) is 45.0 Å². The molecule has 1 aromatic carbocycles. The van der Waals surface area contributed by atoms with E-state index in [9.17, 15) is 14.9 Å². The van der Waals surface area contributed by atoms with Crippen molar-refractivity contribution in [3.05, 3.63) is 35.6 Å². The van der Waals surface area contributed by atoms with E-state index in [1.165, 1.54) is 14.2 Å². The number of anilines is 1. The van der Waals surface area contributed by atoms with Crippen LogP contribution in [0.3, 0.4) is 0 Å². The van der Waals surface area contributed by atoms with Gasteiger partial charge in [-0.25, -0.2) is 9.69 Å². The lowest BCUT2D eigenvalue weighted by Gasteiger charge is -2.44. The van der Waals surface area contributed by atoms with Gasteiger partial charge >= 0.3 is 6.09 Å². The van der Waals surface area contributed by atoms with Crippen molar-refractivity contribution < 1.29 is 28.2 Å². The molecule has 3 rings (SSSR count). The van der Waals surface area contributed by atoms with Crippen molar-refractivity contribution in [2.24, 2.45) is 5.92 Å². The van der Waals surface area contributed by atoms with Gasteiger partial charge in [-0.05, 0) is 68.7 Å². The van der Waals surface area contributed by atoms with Crippen LogP contribution in [-0.4, -0.2) is 46.2 Å². The first-order valence-corrected chi connectivity index (χ1v) is 15.0. The van der Waals surface area contributed by atoms with Crippen molar-refractivity contribution in [2.45, 2.75) is 83.2 Å². The summed E-state index contributed by atoms with van der Waals surface area (Å²) in [4.78, 5) is 28.5. The molecule has 3 atom stereocenters. The number of ether oxygens (including phenoxy) is 3. The lowest BCUT2D eigenvalue weighted by molar-refractivity contribution is -0.129. The first kappa shape index (κ1) is 27.7. The van der Waals surface area contributed by atoms with Gasteiger partial charge in [0.05, 0.1) is 36.6 Å². The second kappa shape index (κ2) is 9.24. The van der Waals surface area contributed by atoms with Crippen molar-refractivity contribution in [3.8, 4) is 11.8 Å². The lowest BCUT2D eigenvalue weighted by Crippen LogP contribution is -2.57. The van der Waals surface area contributed by atoms with Gasteiger partial charge in [-0.15, -0.1) is 0 Å². The number of allylic oxidation sites excluding steroid dienone is 1. The summed E-state index contributed by atoms with van der Waals surface area (Å²) >= 11 is 0. The Morgan fingerprint density at radius 3 is 2.31 bits per heavy atom. The minimum atomic E-state index is -2.21. The van der Waals surface area contributed by atoms with E-state index in [2.05, 4.69) is 39.9 Å². The van der Waals surface area contributed by atoms with Crippen LogP contribution in [0.15, 0.2) is 30.0 Å². The highest BCUT2D eigenvalue weighted by Gasteiger charge is 2.64. The molecule has 0 aromatic heterocycles. The normalized spacial score (nSPS) is 24.2. The number of amides is 2. The third kappa shape index (κ3) is 4.53. The topological polar surface area (TPSA) is 98.1 Å². The highest BCUT2D eigenvalue weighted by Crippen LogP contribution is 2.55. The third-order valence-electron chi connectivity index (χ3n) is 7.37. The van der Waals surface area contributed by atoms with Crippen LogP contribution < -0.4 is 9.64 Å². The monoisotopic (exact) mass is 514 g/mol. The molecule has 1 heterocycles. The summed E-state index contributed by atoms with van der Waals surface area (Å²) in [6.07, 6.45) is 0.373. The van der Waals surface area contributed by atoms with Crippen molar-refractivity contribution in [1.82, 2.24) is 0 Å². The molecule has 2 aliphatic rings. The summed E-state index contributed by atoms with van der Waals surface area (Å²) in [6, 6.07) is 7.38. The minimum absolute atomic E-state index is 0.0513. The number of methoxy groups -OCH3 is 2. The number of benzene rings is 1. The molecule has 0 bridgehead atoms. The maximum atomic E-state index is 14.2. The first-order valence-electron chi connectivity index (χ1n) is 12.1. The molecule has 2 amide bonds. The molecule has 196 valence electrons. The summed E-state index contributed by atoms with van der Waals surface area (Å²) in [6.45, 7) is 15.9. The summed E-state index contributed by atoms with van der Waals surface area (Å²) in [5, 5.41) is 10.3. The van der Waals surface area contributed by atoms with Crippen LogP contribution in [0.4, 0.5) is 10.5 Å². The fourth-order valence-electron chi connectivity index (χ4n) is 4.57. The van der Waals surface area contributed by atoms with Crippen LogP contribution >= 0.6 is 0 Å². The number of nitriles is 1. The maximum Gasteiger partial charge on any atom is 0.421 e. The predicted molar refractivity (Wildman–Crippen MR) is 139 cm³/mol. The predicted octanol–water partition coefficient (Wildman–Crippen LogP) is 5.68. The molecular formula is C27H38N2O6Si. The molecule has 1 aliphatic carbocycles. The van der Waals surface area contributed by atoms with E-state index in [4.69, 9.17) is 18.6 Å². The Morgan fingerprint density at radius 1 is 1.17 bits per heavy atom. The average molecular weight is 515 g/mol. The molecule has 0 unspecified atom stereocenters. The SMILES string of the molecule is COc1ccc2c(c1)[C@]1(C(=O)N2C(=O)OC(C)(C)C)[C@H](C#N)CC(O[Si](C)(C)C(C)(C)C)=C[C@@H]1OC. The van der Waals surface area contributed by atoms with E-state index < -0.39 is 43.4 Å². The van der Waals surface area contributed by atoms with Gasteiger partial charge < -0.3 is 18.6 Å². The second-order valence-electron chi connectivity index (χ2n) is 11.9. The Morgan fingerprint density at radius 2 is 1.81 bits per heavy atom. The van der Waals surface area contributed by atoms with E-state index in [0.29, 0.717) is 22.8 Å². The number of rotatable bonds is 4. The van der Waals surface area contributed by atoms with E-state index in [0.717, 1.165) is 4.90 Å². The maximum absolute atomic E-state index is 14.2. The molecule has 0 saturated carbocycles. The van der Waals surface area contributed by atoms with Crippen LogP contribution in [0.2, 0.25) is 18.1 Å². The standard InChI is InChI=1S/C27H38N2O6Si/c1-25(2,3)34-24(31)29-21-12-11-18(32-7)14-20(21)27(23(29)30)17(16-28)13-19(15-22(27)33-8)35-36(9,10)26(4,5)6/h11-12,14-15,17,22H,13H2,1-10H3/t17-,22-,27+/m0/s1. The molecule has 9 heteroatoms. The van der Waals surface area contributed by atoms with Gasteiger partial charge in [0.25, 0.3) is 5.91 Å². The summed E-state index contributed by atoms with van der Waals surface area (Å²) in [5.74, 6) is -0.261. The van der Waals surface area contributed by atoms with E-state index >= 15 is 0 Å². The fraction of sp³-hybridized carbons (Fsp3) is 0.593. The molecule has 36 heavy (non-hydrogen) atoms. The van der Waals surface area contributed by atoms with Crippen LogP contribution in [0.5, 0.6) is 5.75 Å². The number of nitrogens with zero attached hydrogens (tertiary/aromatic N) is 2. The van der Waals surface area contributed by atoms with Gasteiger partial charge in [0.15, 0.2) is 0 Å². The van der Waals surface area contributed by atoms with Crippen LogP contribution in [0.25, 0.3) is 0 Å². The zero-order chi connectivity index (χ0) is 27.3. The third-order valence-corrected chi connectivity index (χ3v) is 11.8. The van der Waals surface area contributed by atoms with Gasteiger partial charge in [-0.3, -0.25) is 4.79 Å². The van der Waals surface area contributed by atoms with Gasteiger partial charge in [0, 0.05) is 13.5 Å². The largest absolute Gasteiger partial charge is 0.547 e. The highest BCUT2D eigenvalue weighted by molar-refractivity contribution is 6.74.